The van der Waals surface area contributed by atoms with Crippen LogP contribution < -0.4 is 5.73 Å². The standard InChI is InChI=1S/C15H19ClN2O2S2/c1-10-15(13-8-12(16)2-3-14(13)21-10)22(19,20)18-6-4-11(9-17)5-7-18/h2-3,8,11H,4-7,9,17H2,1H3. The van der Waals surface area contributed by atoms with Gasteiger partial charge in [-0.25, -0.2) is 8.42 Å². The van der Waals surface area contributed by atoms with Crippen molar-refractivity contribution in [3.8, 4) is 0 Å². The summed E-state index contributed by atoms with van der Waals surface area (Å²) in [5.74, 6) is 0.432. The monoisotopic (exact) mass is 358 g/mol. The second-order valence-corrected chi connectivity index (χ2v) is 9.28. The van der Waals surface area contributed by atoms with E-state index in [1.807, 2.05) is 13.0 Å². The molecular formula is C15H19ClN2O2S2. The number of hydrogen-bond donors (Lipinski definition) is 1. The molecule has 4 nitrogen and oxygen atoms in total. The lowest BCUT2D eigenvalue weighted by molar-refractivity contribution is 0.278. The first kappa shape index (κ1) is 16.2. The molecule has 0 atom stereocenters. The van der Waals surface area contributed by atoms with Crippen LogP contribution >= 0.6 is 22.9 Å². The highest BCUT2D eigenvalue weighted by molar-refractivity contribution is 7.89. The van der Waals surface area contributed by atoms with Crippen LogP contribution in [0.25, 0.3) is 10.1 Å². The van der Waals surface area contributed by atoms with Gasteiger partial charge in [-0.2, -0.15) is 4.31 Å². The van der Waals surface area contributed by atoms with E-state index in [9.17, 15) is 8.42 Å². The van der Waals surface area contributed by atoms with E-state index in [-0.39, 0.29) is 0 Å². The third-order valence-electron chi connectivity index (χ3n) is 4.27. The van der Waals surface area contributed by atoms with Crippen LogP contribution in [0.3, 0.4) is 0 Å². The van der Waals surface area contributed by atoms with E-state index in [1.165, 1.54) is 11.3 Å². The summed E-state index contributed by atoms with van der Waals surface area (Å²) < 4.78 is 28.6. The number of rotatable bonds is 3. The minimum atomic E-state index is -3.48. The van der Waals surface area contributed by atoms with E-state index in [0.717, 1.165) is 27.8 Å². The van der Waals surface area contributed by atoms with Gasteiger partial charge in [0.15, 0.2) is 0 Å². The van der Waals surface area contributed by atoms with Crippen molar-refractivity contribution in [2.75, 3.05) is 19.6 Å². The molecule has 1 aromatic carbocycles. The molecule has 0 aliphatic carbocycles. The molecule has 1 aromatic heterocycles. The molecule has 0 bridgehead atoms. The summed E-state index contributed by atoms with van der Waals surface area (Å²) in [6.45, 7) is 3.57. The van der Waals surface area contributed by atoms with Crippen LogP contribution in [0.5, 0.6) is 0 Å². The molecule has 2 N–H and O–H groups in total. The van der Waals surface area contributed by atoms with Crippen molar-refractivity contribution in [1.82, 2.24) is 4.31 Å². The fraction of sp³-hybridized carbons (Fsp3) is 0.467. The lowest BCUT2D eigenvalue weighted by atomic mass is 9.99. The van der Waals surface area contributed by atoms with Gasteiger partial charge in [0.1, 0.15) is 4.90 Å². The third kappa shape index (κ3) is 2.78. The van der Waals surface area contributed by atoms with Gasteiger partial charge in [-0.3, -0.25) is 0 Å². The van der Waals surface area contributed by atoms with Crippen molar-refractivity contribution in [3.63, 3.8) is 0 Å². The first-order chi connectivity index (χ1) is 10.4. The lowest BCUT2D eigenvalue weighted by Gasteiger charge is -2.30. The summed E-state index contributed by atoms with van der Waals surface area (Å²) in [7, 11) is -3.48. The van der Waals surface area contributed by atoms with Crippen LogP contribution in [-0.2, 0) is 10.0 Å². The van der Waals surface area contributed by atoms with Crippen LogP contribution in [0.15, 0.2) is 23.1 Å². The Balaban J connectivity index is 2.03. The van der Waals surface area contributed by atoms with Crippen molar-refractivity contribution >= 4 is 43.0 Å². The van der Waals surface area contributed by atoms with Gasteiger partial charge in [0.25, 0.3) is 0 Å². The van der Waals surface area contributed by atoms with Crippen molar-refractivity contribution in [1.29, 1.82) is 0 Å². The van der Waals surface area contributed by atoms with Gasteiger partial charge in [-0.15, -0.1) is 11.3 Å². The second-order valence-electron chi connectivity index (χ2n) is 5.71. The maximum atomic E-state index is 13.0. The SMILES string of the molecule is Cc1sc2ccc(Cl)cc2c1S(=O)(=O)N1CCC(CN)CC1. The van der Waals surface area contributed by atoms with E-state index >= 15 is 0 Å². The van der Waals surface area contributed by atoms with Gasteiger partial charge in [-0.05, 0) is 50.4 Å². The zero-order chi connectivity index (χ0) is 15.9. The van der Waals surface area contributed by atoms with Crippen molar-refractivity contribution in [2.24, 2.45) is 11.7 Å². The third-order valence-corrected chi connectivity index (χ3v) is 7.81. The summed E-state index contributed by atoms with van der Waals surface area (Å²) in [4.78, 5) is 1.24. The molecule has 0 spiro atoms. The van der Waals surface area contributed by atoms with E-state index in [0.29, 0.717) is 35.5 Å². The molecule has 7 heteroatoms. The predicted molar refractivity (Wildman–Crippen MR) is 92.1 cm³/mol. The quantitative estimate of drug-likeness (QED) is 0.916. The Morgan fingerprint density at radius 2 is 2.05 bits per heavy atom. The van der Waals surface area contributed by atoms with E-state index in [1.54, 1.807) is 16.4 Å². The molecule has 1 aliphatic rings. The molecule has 22 heavy (non-hydrogen) atoms. The Hall–Kier alpha value is -0.660. The maximum Gasteiger partial charge on any atom is 0.244 e. The lowest BCUT2D eigenvalue weighted by Crippen LogP contribution is -2.40. The van der Waals surface area contributed by atoms with Gasteiger partial charge in [0, 0.05) is 33.1 Å². The minimum Gasteiger partial charge on any atom is -0.330 e. The first-order valence-electron chi connectivity index (χ1n) is 7.32. The summed E-state index contributed by atoms with van der Waals surface area (Å²) in [6, 6.07) is 5.43. The van der Waals surface area contributed by atoms with Crippen molar-refractivity contribution in [2.45, 2.75) is 24.7 Å². The van der Waals surface area contributed by atoms with Gasteiger partial charge < -0.3 is 5.73 Å². The van der Waals surface area contributed by atoms with Crippen LogP contribution in [-0.4, -0.2) is 32.4 Å². The highest BCUT2D eigenvalue weighted by atomic mass is 35.5. The number of nitrogens with zero attached hydrogens (tertiary/aromatic N) is 1. The Kier molecular flexibility index (Phi) is 4.49. The fourth-order valence-electron chi connectivity index (χ4n) is 3.00. The normalized spacial score (nSPS) is 18.1. The number of halogens is 1. The van der Waals surface area contributed by atoms with Crippen LogP contribution in [0, 0.1) is 12.8 Å². The molecule has 0 radical (unpaired) electrons. The average molecular weight is 359 g/mol. The molecule has 3 rings (SSSR count). The molecule has 1 aliphatic heterocycles. The molecule has 0 saturated carbocycles. The van der Waals surface area contributed by atoms with E-state index in [2.05, 4.69) is 0 Å². The number of piperidine rings is 1. The molecule has 0 amide bonds. The van der Waals surface area contributed by atoms with Crippen molar-refractivity contribution < 1.29 is 8.42 Å². The topological polar surface area (TPSA) is 63.4 Å². The number of thiophene rings is 1. The first-order valence-corrected chi connectivity index (χ1v) is 9.96. The fourth-order valence-corrected chi connectivity index (χ4v) is 6.38. The molecule has 1 fully saturated rings. The number of fused-ring (bicyclic) bond motifs is 1. The zero-order valence-corrected chi connectivity index (χ0v) is 14.8. The summed E-state index contributed by atoms with van der Waals surface area (Å²) in [5, 5.41) is 1.29. The number of benzene rings is 1. The average Bonchev–Trinajstić information content (AvgIpc) is 2.83. The number of nitrogens with two attached hydrogens (primary N) is 1. The number of aryl methyl sites for hydroxylation is 1. The summed E-state index contributed by atoms with van der Waals surface area (Å²) in [6.07, 6.45) is 1.66. The zero-order valence-electron chi connectivity index (χ0n) is 12.4. The molecular weight excluding hydrogens is 340 g/mol. The van der Waals surface area contributed by atoms with E-state index in [4.69, 9.17) is 17.3 Å². The Labute approximate surface area is 139 Å². The Bertz CT molecular complexity index is 793. The second kappa shape index (κ2) is 6.09. The summed E-state index contributed by atoms with van der Waals surface area (Å²) in [5.41, 5.74) is 5.69. The van der Waals surface area contributed by atoms with Crippen LogP contribution in [0.1, 0.15) is 17.7 Å². The molecule has 2 heterocycles. The summed E-state index contributed by atoms with van der Waals surface area (Å²) >= 11 is 7.55. The molecule has 1 saturated heterocycles. The van der Waals surface area contributed by atoms with Gasteiger partial charge in [0.05, 0.1) is 0 Å². The number of sulfonamides is 1. The maximum absolute atomic E-state index is 13.0. The highest BCUT2D eigenvalue weighted by Crippen LogP contribution is 2.38. The molecule has 0 unspecified atom stereocenters. The predicted octanol–water partition coefficient (Wildman–Crippen LogP) is 3.22. The smallest absolute Gasteiger partial charge is 0.244 e. The molecule has 2 aromatic rings. The largest absolute Gasteiger partial charge is 0.330 e. The minimum absolute atomic E-state index is 0.418. The van der Waals surface area contributed by atoms with Gasteiger partial charge in [0.2, 0.25) is 10.0 Å². The van der Waals surface area contributed by atoms with E-state index < -0.39 is 10.0 Å². The Morgan fingerprint density at radius 3 is 2.68 bits per heavy atom. The van der Waals surface area contributed by atoms with Crippen LogP contribution in [0.2, 0.25) is 5.02 Å². The number of hydrogen-bond acceptors (Lipinski definition) is 4. The van der Waals surface area contributed by atoms with Crippen molar-refractivity contribution in [3.05, 3.63) is 28.1 Å². The molecule has 120 valence electrons. The Morgan fingerprint density at radius 1 is 1.36 bits per heavy atom. The highest BCUT2D eigenvalue weighted by Gasteiger charge is 2.32. The van der Waals surface area contributed by atoms with Crippen LogP contribution in [0.4, 0.5) is 0 Å². The van der Waals surface area contributed by atoms with Gasteiger partial charge >= 0.3 is 0 Å². The van der Waals surface area contributed by atoms with Gasteiger partial charge in [-0.1, -0.05) is 11.6 Å².